The van der Waals surface area contributed by atoms with Gasteiger partial charge in [-0.25, -0.2) is 4.98 Å². The van der Waals surface area contributed by atoms with Gasteiger partial charge in [0, 0.05) is 24.0 Å². The number of nitrogens with two attached hydrogens (primary N) is 1. The molecule has 0 saturated heterocycles. The number of nitrogens with zero attached hydrogens (tertiary/aromatic N) is 3. The smallest absolute Gasteiger partial charge is 0.136 e. The van der Waals surface area contributed by atoms with Gasteiger partial charge in [0.1, 0.15) is 5.65 Å². The Labute approximate surface area is 140 Å². The van der Waals surface area contributed by atoms with E-state index in [0.717, 1.165) is 39.4 Å². The molecule has 4 rings (SSSR count). The first-order valence-electron chi connectivity index (χ1n) is 7.96. The summed E-state index contributed by atoms with van der Waals surface area (Å²) < 4.78 is 2.05. The van der Waals surface area contributed by atoms with Crippen molar-refractivity contribution in [1.82, 2.24) is 14.4 Å². The molecule has 4 nitrogen and oxygen atoms in total. The van der Waals surface area contributed by atoms with Gasteiger partial charge in [-0.1, -0.05) is 30.3 Å². The normalized spacial score (nSPS) is 11.1. The third-order valence-corrected chi connectivity index (χ3v) is 4.19. The van der Waals surface area contributed by atoms with Gasteiger partial charge in [0.25, 0.3) is 0 Å². The standard InChI is InChI=1S/C20H18N4/c1-14-5-4-8-19(23-14)18-7-3-2-6-17(18)15-9-10-20-22-12-16(11-21)24(20)13-15/h2-10,12-13H,11,21H2,1H3. The summed E-state index contributed by atoms with van der Waals surface area (Å²) in [6.07, 6.45) is 3.92. The quantitative estimate of drug-likeness (QED) is 0.625. The summed E-state index contributed by atoms with van der Waals surface area (Å²) in [6, 6.07) is 18.6. The predicted octanol–water partition coefficient (Wildman–Crippen LogP) is 3.83. The van der Waals surface area contributed by atoms with E-state index in [-0.39, 0.29) is 0 Å². The van der Waals surface area contributed by atoms with Crippen LogP contribution in [0.1, 0.15) is 11.4 Å². The zero-order valence-corrected chi connectivity index (χ0v) is 13.5. The van der Waals surface area contributed by atoms with Crippen LogP contribution in [-0.2, 0) is 6.54 Å². The van der Waals surface area contributed by atoms with Crippen LogP contribution in [0, 0.1) is 6.92 Å². The summed E-state index contributed by atoms with van der Waals surface area (Å²) in [7, 11) is 0. The summed E-state index contributed by atoms with van der Waals surface area (Å²) in [5.41, 5.74) is 13.1. The first-order valence-corrected chi connectivity index (χ1v) is 7.96. The van der Waals surface area contributed by atoms with Gasteiger partial charge < -0.3 is 10.1 Å². The number of fused-ring (bicyclic) bond motifs is 1. The lowest BCUT2D eigenvalue weighted by Gasteiger charge is -2.11. The lowest BCUT2D eigenvalue weighted by atomic mass is 9.98. The second kappa shape index (κ2) is 5.91. The number of rotatable bonds is 3. The molecule has 4 heteroatoms. The molecule has 0 unspecified atom stereocenters. The number of pyridine rings is 2. The fourth-order valence-electron chi connectivity index (χ4n) is 2.99. The average Bonchev–Trinajstić information content (AvgIpc) is 3.04. The van der Waals surface area contributed by atoms with Crippen LogP contribution < -0.4 is 5.73 Å². The van der Waals surface area contributed by atoms with E-state index in [2.05, 4.69) is 44.8 Å². The Balaban J connectivity index is 1.91. The zero-order chi connectivity index (χ0) is 16.5. The van der Waals surface area contributed by atoms with Crippen molar-refractivity contribution in [1.29, 1.82) is 0 Å². The Morgan fingerprint density at radius 2 is 1.79 bits per heavy atom. The predicted molar refractivity (Wildman–Crippen MR) is 96.5 cm³/mol. The van der Waals surface area contributed by atoms with E-state index in [1.54, 1.807) is 0 Å². The van der Waals surface area contributed by atoms with Crippen LogP contribution in [0.4, 0.5) is 0 Å². The fourth-order valence-corrected chi connectivity index (χ4v) is 2.99. The maximum atomic E-state index is 5.82. The highest BCUT2D eigenvalue weighted by Gasteiger charge is 2.10. The number of hydrogen-bond acceptors (Lipinski definition) is 3. The second-order valence-corrected chi connectivity index (χ2v) is 5.81. The van der Waals surface area contributed by atoms with Gasteiger partial charge in [-0.05, 0) is 42.3 Å². The Morgan fingerprint density at radius 3 is 2.58 bits per heavy atom. The van der Waals surface area contributed by atoms with Crippen molar-refractivity contribution in [3.8, 4) is 22.4 Å². The molecule has 24 heavy (non-hydrogen) atoms. The second-order valence-electron chi connectivity index (χ2n) is 5.81. The van der Waals surface area contributed by atoms with E-state index in [4.69, 9.17) is 5.73 Å². The number of imidazole rings is 1. The van der Waals surface area contributed by atoms with Gasteiger partial charge in [0.15, 0.2) is 0 Å². The van der Waals surface area contributed by atoms with Crippen molar-refractivity contribution in [3.63, 3.8) is 0 Å². The molecule has 0 saturated carbocycles. The molecule has 2 N–H and O–H groups in total. The van der Waals surface area contributed by atoms with E-state index >= 15 is 0 Å². The molecule has 118 valence electrons. The summed E-state index contributed by atoms with van der Waals surface area (Å²) in [6.45, 7) is 2.48. The molecule has 0 atom stereocenters. The van der Waals surface area contributed by atoms with Crippen molar-refractivity contribution in [2.24, 2.45) is 5.73 Å². The number of hydrogen-bond donors (Lipinski definition) is 1. The van der Waals surface area contributed by atoms with Gasteiger partial charge in [-0.3, -0.25) is 4.98 Å². The molecule has 1 aromatic carbocycles. The topological polar surface area (TPSA) is 56.2 Å². The number of aryl methyl sites for hydroxylation is 1. The van der Waals surface area contributed by atoms with E-state index in [1.807, 2.05) is 43.5 Å². The van der Waals surface area contributed by atoms with Crippen LogP contribution in [0.2, 0.25) is 0 Å². The first kappa shape index (κ1) is 14.6. The average molecular weight is 314 g/mol. The van der Waals surface area contributed by atoms with E-state index in [0.29, 0.717) is 6.54 Å². The minimum Gasteiger partial charge on any atom is -0.325 e. The Morgan fingerprint density at radius 1 is 0.958 bits per heavy atom. The molecule has 0 aliphatic carbocycles. The molecule has 0 aliphatic heterocycles. The monoisotopic (exact) mass is 314 g/mol. The third kappa shape index (κ3) is 2.47. The Kier molecular flexibility index (Phi) is 3.59. The van der Waals surface area contributed by atoms with Crippen molar-refractivity contribution in [2.45, 2.75) is 13.5 Å². The minimum atomic E-state index is 0.464. The lowest BCUT2D eigenvalue weighted by Crippen LogP contribution is -2.00. The van der Waals surface area contributed by atoms with E-state index in [9.17, 15) is 0 Å². The highest BCUT2D eigenvalue weighted by molar-refractivity contribution is 5.82. The molecular formula is C20H18N4. The molecule has 4 aromatic rings. The maximum absolute atomic E-state index is 5.82. The van der Waals surface area contributed by atoms with Crippen molar-refractivity contribution < 1.29 is 0 Å². The fraction of sp³-hybridized carbons (Fsp3) is 0.100. The number of aromatic nitrogens is 3. The minimum absolute atomic E-state index is 0.464. The summed E-state index contributed by atoms with van der Waals surface area (Å²) >= 11 is 0. The highest BCUT2D eigenvalue weighted by atomic mass is 15.0. The van der Waals surface area contributed by atoms with Crippen molar-refractivity contribution >= 4 is 5.65 Å². The molecule has 3 heterocycles. The van der Waals surface area contributed by atoms with Crippen LogP contribution in [0.3, 0.4) is 0 Å². The summed E-state index contributed by atoms with van der Waals surface area (Å²) in [5, 5.41) is 0. The van der Waals surface area contributed by atoms with Crippen LogP contribution in [0.25, 0.3) is 28.0 Å². The van der Waals surface area contributed by atoms with Crippen LogP contribution in [-0.4, -0.2) is 14.4 Å². The van der Waals surface area contributed by atoms with Crippen LogP contribution in [0.15, 0.2) is 67.0 Å². The Bertz CT molecular complexity index is 1020. The Hall–Kier alpha value is -2.98. The number of benzene rings is 1. The van der Waals surface area contributed by atoms with Crippen LogP contribution in [0.5, 0.6) is 0 Å². The molecule has 3 aromatic heterocycles. The molecule has 0 aliphatic rings. The van der Waals surface area contributed by atoms with Gasteiger partial charge in [0.05, 0.1) is 17.6 Å². The lowest BCUT2D eigenvalue weighted by molar-refractivity contribution is 0.960. The molecule has 0 bridgehead atoms. The zero-order valence-electron chi connectivity index (χ0n) is 13.5. The SMILES string of the molecule is Cc1cccc(-c2ccccc2-c2ccc3ncc(CN)n3c2)n1. The maximum Gasteiger partial charge on any atom is 0.136 e. The van der Waals surface area contributed by atoms with Gasteiger partial charge in [0.2, 0.25) is 0 Å². The van der Waals surface area contributed by atoms with Gasteiger partial charge in [-0.2, -0.15) is 0 Å². The van der Waals surface area contributed by atoms with E-state index < -0.39 is 0 Å². The highest BCUT2D eigenvalue weighted by Crippen LogP contribution is 2.31. The van der Waals surface area contributed by atoms with Gasteiger partial charge >= 0.3 is 0 Å². The first-order chi connectivity index (χ1) is 11.8. The molecule has 0 amide bonds. The molecule has 0 fully saturated rings. The van der Waals surface area contributed by atoms with Crippen molar-refractivity contribution in [3.05, 3.63) is 78.4 Å². The van der Waals surface area contributed by atoms with Crippen molar-refractivity contribution in [2.75, 3.05) is 0 Å². The largest absolute Gasteiger partial charge is 0.325 e. The van der Waals surface area contributed by atoms with Gasteiger partial charge in [-0.15, -0.1) is 0 Å². The third-order valence-electron chi connectivity index (χ3n) is 4.19. The summed E-state index contributed by atoms with van der Waals surface area (Å²) in [5.74, 6) is 0. The van der Waals surface area contributed by atoms with Crippen LogP contribution >= 0.6 is 0 Å². The summed E-state index contributed by atoms with van der Waals surface area (Å²) in [4.78, 5) is 9.06. The molecule has 0 spiro atoms. The molecular weight excluding hydrogens is 296 g/mol. The van der Waals surface area contributed by atoms with E-state index in [1.165, 1.54) is 0 Å². The molecule has 0 radical (unpaired) electrons.